The van der Waals surface area contributed by atoms with E-state index in [4.69, 9.17) is 33.2 Å². The van der Waals surface area contributed by atoms with Crippen molar-refractivity contribution in [3.8, 4) is 0 Å². The molecule has 0 aliphatic carbocycles. The molecule has 42 heavy (non-hydrogen) atoms. The zero-order chi connectivity index (χ0) is 29.7. The number of ether oxygens (including phenoxy) is 7. The van der Waals surface area contributed by atoms with Crippen molar-refractivity contribution in [1.29, 1.82) is 0 Å². The first-order chi connectivity index (χ1) is 20.7. The molecule has 1 aliphatic rings. The van der Waals surface area contributed by atoms with E-state index in [1.165, 1.54) is 0 Å². The van der Waals surface area contributed by atoms with Crippen LogP contribution in [0.2, 0.25) is 0 Å². The summed E-state index contributed by atoms with van der Waals surface area (Å²) < 4.78 is 38.0. The molecule has 1 heterocycles. The smallest absolute Gasteiger partial charge is 0.408 e. The maximum atomic E-state index is 13.5. The van der Waals surface area contributed by atoms with Crippen LogP contribution >= 0.6 is 0 Å². The first-order valence-electron chi connectivity index (χ1n) is 14.4. The zero-order valence-corrected chi connectivity index (χ0v) is 24.4. The van der Waals surface area contributed by atoms with Gasteiger partial charge in [-0.3, -0.25) is 4.79 Å². The minimum atomic E-state index is -0.851. The molecule has 232 valence electrons. The average Bonchev–Trinajstić information content (AvgIpc) is 3.50. The number of methoxy groups -OCH3 is 1. The van der Waals surface area contributed by atoms with Crippen LogP contribution in [-0.2, 0) is 44.6 Å². The highest BCUT2D eigenvalue weighted by molar-refractivity contribution is 5.87. The number of carbonyl (C=O) groups excluding carboxylic acids is 2. The van der Waals surface area contributed by atoms with Crippen LogP contribution in [0.25, 0.3) is 0 Å². The molecule has 2 atom stereocenters. The molecular weight excluding hydrogens is 544 g/mol. The van der Waals surface area contributed by atoms with E-state index in [0.717, 1.165) is 5.56 Å². The molecule has 2 unspecified atom stereocenters. The Morgan fingerprint density at radius 2 is 1.33 bits per heavy atom. The second-order valence-corrected chi connectivity index (χ2v) is 9.56. The molecule has 0 spiro atoms. The van der Waals surface area contributed by atoms with Crippen LogP contribution in [0.3, 0.4) is 0 Å². The SMILES string of the molecule is COCCOCCOCCOCCOCCOC1CCN(C(=O)C(NC(=O)OCc2ccccc2)c2ccccc2)C1. The Morgan fingerprint density at radius 3 is 1.93 bits per heavy atom. The average molecular weight is 589 g/mol. The van der Waals surface area contributed by atoms with Gasteiger partial charge >= 0.3 is 6.09 Å². The molecule has 2 aromatic carbocycles. The number of alkyl carbamates (subject to hydrolysis) is 1. The summed E-state index contributed by atoms with van der Waals surface area (Å²) in [4.78, 5) is 27.8. The van der Waals surface area contributed by atoms with Crippen LogP contribution in [0.5, 0.6) is 0 Å². The van der Waals surface area contributed by atoms with Crippen LogP contribution < -0.4 is 5.32 Å². The second-order valence-electron chi connectivity index (χ2n) is 9.56. The number of benzene rings is 2. The number of hydrogen-bond acceptors (Lipinski definition) is 9. The van der Waals surface area contributed by atoms with E-state index in [1.54, 1.807) is 12.0 Å². The Balaban J connectivity index is 1.28. The van der Waals surface area contributed by atoms with E-state index in [1.807, 2.05) is 60.7 Å². The lowest BCUT2D eigenvalue weighted by Gasteiger charge is -2.24. The summed E-state index contributed by atoms with van der Waals surface area (Å²) in [6, 6.07) is 17.7. The fraction of sp³-hybridized carbons (Fsp3) is 0.548. The quantitative estimate of drug-likeness (QED) is 0.220. The summed E-state index contributed by atoms with van der Waals surface area (Å²) in [5.74, 6) is -0.194. The van der Waals surface area contributed by atoms with E-state index >= 15 is 0 Å². The minimum absolute atomic E-state index is 0.0918. The van der Waals surface area contributed by atoms with Crippen LogP contribution in [0, 0.1) is 0 Å². The van der Waals surface area contributed by atoms with E-state index in [2.05, 4.69) is 5.32 Å². The number of rotatable bonds is 21. The van der Waals surface area contributed by atoms with Crippen molar-refractivity contribution in [3.63, 3.8) is 0 Å². The first-order valence-corrected chi connectivity index (χ1v) is 14.4. The lowest BCUT2D eigenvalue weighted by molar-refractivity contribution is -0.133. The van der Waals surface area contributed by atoms with Crippen LogP contribution in [0.1, 0.15) is 23.6 Å². The molecule has 2 aromatic rings. The first kappa shape index (κ1) is 33.4. The lowest BCUT2D eigenvalue weighted by atomic mass is 10.1. The van der Waals surface area contributed by atoms with Crippen LogP contribution in [-0.4, -0.2) is 109 Å². The lowest BCUT2D eigenvalue weighted by Crippen LogP contribution is -2.42. The van der Waals surface area contributed by atoms with Gasteiger partial charge in [-0.25, -0.2) is 4.79 Å². The highest BCUT2D eigenvalue weighted by Crippen LogP contribution is 2.21. The van der Waals surface area contributed by atoms with Gasteiger partial charge < -0.3 is 43.4 Å². The molecule has 1 aliphatic heterocycles. The van der Waals surface area contributed by atoms with E-state index in [-0.39, 0.29) is 18.6 Å². The maximum absolute atomic E-state index is 13.5. The van der Waals surface area contributed by atoms with E-state index < -0.39 is 12.1 Å². The number of amides is 2. The topological polar surface area (TPSA) is 114 Å². The van der Waals surface area contributed by atoms with Crippen LogP contribution in [0.4, 0.5) is 4.79 Å². The Labute approximate surface area is 248 Å². The van der Waals surface area contributed by atoms with Gasteiger partial charge in [-0.1, -0.05) is 60.7 Å². The van der Waals surface area contributed by atoms with E-state index in [0.29, 0.717) is 91.1 Å². The highest BCUT2D eigenvalue weighted by Gasteiger charge is 2.33. The third kappa shape index (κ3) is 13.3. The largest absolute Gasteiger partial charge is 0.445 e. The summed E-state index contributed by atoms with van der Waals surface area (Å²) in [6.45, 7) is 6.11. The predicted molar refractivity (Wildman–Crippen MR) is 155 cm³/mol. The Bertz CT molecular complexity index is 996. The van der Waals surface area contributed by atoms with Crippen molar-refractivity contribution in [2.24, 2.45) is 0 Å². The molecule has 0 bridgehead atoms. The Hall–Kier alpha value is -3.06. The number of hydrogen-bond donors (Lipinski definition) is 1. The predicted octanol–water partition coefficient (Wildman–Crippen LogP) is 2.98. The van der Waals surface area contributed by atoms with Gasteiger partial charge in [0.15, 0.2) is 0 Å². The van der Waals surface area contributed by atoms with E-state index in [9.17, 15) is 9.59 Å². The van der Waals surface area contributed by atoms with Gasteiger partial charge in [-0.05, 0) is 17.5 Å². The summed E-state index contributed by atoms with van der Waals surface area (Å²) in [5, 5.41) is 2.75. The minimum Gasteiger partial charge on any atom is -0.445 e. The standard InChI is InChI=1S/C31H44N2O9/c1-36-14-15-37-16-17-38-18-19-39-20-21-40-22-23-41-28-12-13-33(24-28)30(34)29(27-10-6-3-7-11-27)32-31(35)42-25-26-8-4-2-5-9-26/h2-11,28-29H,12-25H2,1H3,(H,32,35). The molecular formula is C31H44N2O9. The monoisotopic (exact) mass is 588 g/mol. The molecule has 0 radical (unpaired) electrons. The summed E-state index contributed by atoms with van der Waals surface area (Å²) >= 11 is 0. The van der Waals surface area contributed by atoms with Gasteiger partial charge in [-0.15, -0.1) is 0 Å². The molecule has 0 saturated carbocycles. The number of nitrogens with zero attached hydrogens (tertiary/aromatic N) is 1. The summed E-state index contributed by atoms with van der Waals surface area (Å²) in [5.41, 5.74) is 1.56. The van der Waals surface area contributed by atoms with Crippen molar-refractivity contribution in [2.45, 2.75) is 25.2 Å². The van der Waals surface area contributed by atoms with Crippen LogP contribution in [0.15, 0.2) is 60.7 Å². The summed E-state index contributed by atoms with van der Waals surface area (Å²) in [7, 11) is 1.64. The Kier molecular flexibility index (Phi) is 16.5. The molecule has 1 saturated heterocycles. The Morgan fingerprint density at radius 1 is 0.786 bits per heavy atom. The van der Waals surface area contributed by atoms with Gasteiger partial charge in [0, 0.05) is 20.2 Å². The van der Waals surface area contributed by atoms with Gasteiger partial charge in [0.2, 0.25) is 5.91 Å². The maximum Gasteiger partial charge on any atom is 0.408 e. The van der Waals surface area contributed by atoms with Gasteiger partial charge in [-0.2, -0.15) is 0 Å². The summed E-state index contributed by atoms with van der Waals surface area (Å²) in [6.07, 6.45) is -0.0254. The van der Waals surface area contributed by atoms with Crippen molar-refractivity contribution in [1.82, 2.24) is 10.2 Å². The van der Waals surface area contributed by atoms with Crippen molar-refractivity contribution in [2.75, 3.05) is 86.3 Å². The van der Waals surface area contributed by atoms with Crippen molar-refractivity contribution in [3.05, 3.63) is 71.8 Å². The van der Waals surface area contributed by atoms with Gasteiger partial charge in [0.1, 0.15) is 12.6 Å². The fourth-order valence-electron chi connectivity index (χ4n) is 4.24. The highest BCUT2D eigenvalue weighted by atomic mass is 16.6. The third-order valence-electron chi connectivity index (χ3n) is 6.44. The third-order valence-corrected chi connectivity index (χ3v) is 6.44. The van der Waals surface area contributed by atoms with Crippen molar-refractivity contribution < 1.29 is 42.7 Å². The molecule has 3 rings (SSSR count). The second kappa shape index (κ2) is 20.8. The number of likely N-dealkylation sites (tertiary alicyclic amines) is 1. The fourth-order valence-corrected chi connectivity index (χ4v) is 4.24. The van der Waals surface area contributed by atoms with Gasteiger partial charge in [0.05, 0.1) is 72.2 Å². The van der Waals surface area contributed by atoms with Gasteiger partial charge in [0.25, 0.3) is 0 Å². The van der Waals surface area contributed by atoms with Crippen molar-refractivity contribution >= 4 is 12.0 Å². The molecule has 2 amide bonds. The zero-order valence-electron chi connectivity index (χ0n) is 24.4. The number of nitrogens with one attached hydrogen (secondary N) is 1. The molecule has 1 fully saturated rings. The molecule has 1 N–H and O–H groups in total. The molecule has 11 heteroatoms. The normalized spacial score (nSPS) is 15.5. The molecule has 0 aromatic heterocycles. The number of carbonyl (C=O) groups is 2. The molecule has 11 nitrogen and oxygen atoms in total.